The lowest BCUT2D eigenvalue weighted by Gasteiger charge is -2.19. The van der Waals surface area contributed by atoms with Crippen LogP contribution in [0.3, 0.4) is 0 Å². The van der Waals surface area contributed by atoms with Crippen molar-refractivity contribution in [3.8, 4) is 5.75 Å². The number of ether oxygens (including phenoxy) is 1. The highest BCUT2D eigenvalue weighted by Gasteiger charge is 2.24. The lowest BCUT2D eigenvalue weighted by molar-refractivity contribution is 0.225. The van der Waals surface area contributed by atoms with Crippen molar-refractivity contribution in [3.05, 3.63) is 22.7 Å². The first kappa shape index (κ1) is 15.5. The normalized spacial score (nSPS) is 11.3. The maximum atomic E-state index is 12.3. The molecule has 0 atom stereocenters. The van der Waals surface area contributed by atoms with Gasteiger partial charge in [0, 0.05) is 10.5 Å². The van der Waals surface area contributed by atoms with E-state index in [1.807, 2.05) is 0 Å². The third-order valence-electron chi connectivity index (χ3n) is 2.03. The zero-order valence-electron chi connectivity index (χ0n) is 10.6. The van der Waals surface area contributed by atoms with Crippen LogP contribution in [0.25, 0.3) is 0 Å². The SMILES string of the molecule is CCOP(=O)(Nc1cc(OC)ccc1Br)OCC. The molecule has 0 aliphatic carbocycles. The van der Waals surface area contributed by atoms with Crippen molar-refractivity contribution in [2.45, 2.75) is 13.8 Å². The lowest BCUT2D eigenvalue weighted by Crippen LogP contribution is -2.05. The van der Waals surface area contributed by atoms with Crippen molar-refractivity contribution in [2.75, 3.05) is 25.4 Å². The van der Waals surface area contributed by atoms with E-state index in [0.29, 0.717) is 24.7 Å². The molecule has 1 aromatic rings. The number of hydrogen-bond acceptors (Lipinski definition) is 4. The van der Waals surface area contributed by atoms with Gasteiger partial charge in [-0.3, -0.25) is 14.1 Å². The number of hydrogen-bond donors (Lipinski definition) is 1. The molecule has 0 aliphatic rings. The van der Waals surface area contributed by atoms with Gasteiger partial charge in [-0.2, -0.15) is 0 Å². The van der Waals surface area contributed by atoms with Crippen LogP contribution in [0.5, 0.6) is 5.75 Å². The number of methoxy groups -OCH3 is 1. The summed E-state index contributed by atoms with van der Waals surface area (Å²) in [5.74, 6) is 0.653. The van der Waals surface area contributed by atoms with Gasteiger partial charge in [0.2, 0.25) is 0 Å². The third-order valence-corrected chi connectivity index (χ3v) is 4.43. The average molecular weight is 338 g/mol. The van der Waals surface area contributed by atoms with Gasteiger partial charge < -0.3 is 4.74 Å². The summed E-state index contributed by atoms with van der Waals surface area (Å²) in [6.45, 7) is 4.11. The van der Waals surface area contributed by atoms with E-state index in [2.05, 4.69) is 21.0 Å². The minimum Gasteiger partial charge on any atom is -0.497 e. The zero-order chi connectivity index (χ0) is 13.6. The topological polar surface area (TPSA) is 56.8 Å². The first-order valence-corrected chi connectivity index (χ1v) is 7.89. The van der Waals surface area contributed by atoms with Crippen molar-refractivity contribution >= 4 is 29.4 Å². The fraction of sp³-hybridized carbons (Fsp3) is 0.455. The van der Waals surface area contributed by atoms with Crippen LogP contribution in [0.4, 0.5) is 5.69 Å². The van der Waals surface area contributed by atoms with E-state index in [-0.39, 0.29) is 0 Å². The van der Waals surface area contributed by atoms with Crippen molar-refractivity contribution in [1.29, 1.82) is 0 Å². The van der Waals surface area contributed by atoms with Crippen LogP contribution in [0, 0.1) is 0 Å². The second kappa shape index (κ2) is 7.14. The molecule has 0 fully saturated rings. The minimum absolute atomic E-state index is 0.297. The molecule has 0 aromatic heterocycles. The molecule has 18 heavy (non-hydrogen) atoms. The van der Waals surface area contributed by atoms with Crippen molar-refractivity contribution in [1.82, 2.24) is 0 Å². The van der Waals surface area contributed by atoms with E-state index in [1.54, 1.807) is 39.2 Å². The Kier molecular flexibility index (Phi) is 6.15. The van der Waals surface area contributed by atoms with E-state index in [4.69, 9.17) is 13.8 Å². The number of halogens is 1. The Morgan fingerprint density at radius 2 is 1.89 bits per heavy atom. The molecule has 1 N–H and O–H groups in total. The van der Waals surface area contributed by atoms with Crippen molar-refractivity contribution < 1.29 is 18.3 Å². The van der Waals surface area contributed by atoms with Crippen LogP contribution < -0.4 is 9.82 Å². The molecular formula is C11H17BrNO4P. The fourth-order valence-electron chi connectivity index (χ4n) is 1.31. The monoisotopic (exact) mass is 337 g/mol. The predicted molar refractivity (Wildman–Crippen MR) is 75.2 cm³/mol. The van der Waals surface area contributed by atoms with Gasteiger partial charge in [0.15, 0.2) is 0 Å². The van der Waals surface area contributed by atoms with Crippen LogP contribution in [0.2, 0.25) is 0 Å². The van der Waals surface area contributed by atoms with E-state index in [9.17, 15) is 4.57 Å². The quantitative estimate of drug-likeness (QED) is 0.760. The van der Waals surface area contributed by atoms with Crippen LogP contribution in [-0.2, 0) is 13.6 Å². The first-order valence-electron chi connectivity index (χ1n) is 5.55. The van der Waals surface area contributed by atoms with Gasteiger partial charge in [0.1, 0.15) is 5.75 Å². The summed E-state index contributed by atoms with van der Waals surface area (Å²) in [5.41, 5.74) is 0.597. The third kappa shape index (κ3) is 4.28. The van der Waals surface area contributed by atoms with Gasteiger partial charge in [-0.25, -0.2) is 4.57 Å². The van der Waals surface area contributed by atoms with E-state index >= 15 is 0 Å². The molecule has 102 valence electrons. The summed E-state index contributed by atoms with van der Waals surface area (Å²) in [5, 5.41) is 2.78. The largest absolute Gasteiger partial charge is 0.497 e. The molecule has 0 aliphatic heterocycles. The molecule has 0 spiro atoms. The highest BCUT2D eigenvalue weighted by atomic mass is 79.9. The van der Waals surface area contributed by atoms with Crippen molar-refractivity contribution in [3.63, 3.8) is 0 Å². The van der Waals surface area contributed by atoms with Crippen LogP contribution in [0.15, 0.2) is 22.7 Å². The fourth-order valence-corrected chi connectivity index (χ4v) is 3.17. The van der Waals surface area contributed by atoms with Gasteiger partial charge in [0.25, 0.3) is 0 Å². The second-order valence-corrected chi connectivity index (χ2v) is 5.88. The van der Waals surface area contributed by atoms with Gasteiger partial charge in [-0.05, 0) is 41.9 Å². The maximum absolute atomic E-state index is 12.3. The number of rotatable bonds is 7. The summed E-state index contributed by atoms with van der Waals surface area (Å²) in [6.07, 6.45) is 0. The number of anilines is 1. The summed E-state index contributed by atoms with van der Waals surface area (Å²) >= 11 is 3.36. The Bertz CT molecular complexity index is 431. The Balaban J connectivity index is 2.96. The molecule has 7 heteroatoms. The van der Waals surface area contributed by atoms with Crippen molar-refractivity contribution in [2.24, 2.45) is 0 Å². The Hall–Kier alpha value is -0.550. The molecule has 0 radical (unpaired) electrons. The van der Waals surface area contributed by atoms with Crippen LogP contribution in [0.1, 0.15) is 13.8 Å². The van der Waals surface area contributed by atoms with E-state index < -0.39 is 7.75 Å². The highest BCUT2D eigenvalue weighted by Crippen LogP contribution is 2.49. The Morgan fingerprint density at radius 3 is 2.39 bits per heavy atom. The zero-order valence-corrected chi connectivity index (χ0v) is 13.1. The predicted octanol–water partition coefficient (Wildman–Crippen LogP) is 4.05. The van der Waals surface area contributed by atoms with Crippen LogP contribution in [-0.4, -0.2) is 20.3 Å². The first-order chi connectivity index (χ1) is 8.54. The molecule has 0 bridgehead atoms. The van der Waals surface area contributed by atoms with Gasteiger partial charge >= 0.3 is 7.75 Å². The smallest absolute Gasteiger partial charge is 0.432 e. The Morgan fingerprint density at radius 1 is 1.28 bits per heavy atom. The Labute approximate surface area is 116 Å². The molecule has 1 aromatic carbocycles. The molecule has 0 saturated heterocycles. The van der Waals surface area contributed by atoms with Gasteiger partial charge in [-0.1, -0.05) is 0 Å². The standard InChI is InChI=1S/C11H17BrNO4P/c1-4-16-18(14,17-5-2)13-11-8-9(15-3)6-7-10(11)12/h6-8H,4-5H2,1-3H3,(H,13,14). The molecule has 0 saturated carbocycles. The lowest BCUT2D eigenvalue weighted by atomic mass is 10.3. The average Bonchev–Trinajstić information content (AvgIpc) is 2.32. The van der Waals surface area contributed by atoms with Gasteiger partial charge in [-0.15, -0.1) is 0 Å². The van der Waals surface area contributed by atoms with E-state index in [1.165, 1.54) is 0 Å². The summed E-state index contributed by atoms with van der Waals surface area (Å²) < 4.78 is 28.5. The molecular weight excluding hydrogens is 321 g/mol. The minimum atomic E-state index is -3.33. The van der Waals surface area contributed by atoms with E-state index in [0.717, 1.165) is 4.47 Å². The second-order valence-electron chi connectivity index (χ2n) is 3.29. The molecule has 0 heterocycles. The summed E-state index contributed by atoms with van der Waals surface area (Å²) in [4.78, 5) is 0. The number of benzene rings is 1. The summed E-state index contributed by atoms with van der Waals surface area (Å²) in [7, 11) is -1.77. The van der Waals surface area contributed by atoms with Crippen LogP contribution >= 0.6 is 23.7 Å². The summed E-state index contributed by atoms with van der Waals surface area (Å²) in [6, 6.07) is 5.31. The number of nitrogens with one attached hydrogen (secondary N) is 1. The molecule has 0 amide bonds. The highest BCUT2D eigenvalue weighted by molar-refractivity contribution is 9.10. The van der Waals surface area contributed by atoms with Gasteiger partial charge in [0.05, 0.1) is 26.0 Å². The molecule has 0 unspecified atom stereocenters. The maximum Gasteiger partial charge on any atom is 0.432 e. The molecule has 5 nitrogen and oxygen atoms in total. The molecule has 1 rings (SSSR count).